The Balaban J connectivity index is 1.65. The van der Waals surface area contributed by atoms with Crippen LogP contribution in [0.5, 0.6) is 0 Å². The summed E-state index contributed by atoms with van der Waals surface area (Å²) in [7, 11) is -3.31. The summed E-state index contributed by atoms with van der Waals surface area (Å²) in [4.78, 5) is 32.6. The second-order valence-corrected chi connectivity index (χ2v) is 8.68. The molecule has 1 aliphatic heterocycles. The Morgan fingerprint density at radius 1 is 1.29 bits per heavy atom. The molecule has 1 aromatic heterocycles. The molecule has 9 nitrogen and oxygen atoms in total. The number of carbonyl (C=O) groups is 1. The van der Waals surface area contributed by atoms with E-state index in [1.807, 2.05) is 0 Å². The van der Waals surface area contributed by atoms with Gasteiger partial charge in [0, 0.05) is 36.4 Å². The normalized spacial score (nSPS) is 17.4. The number of aromatic nitrogens is 2. The van der Waals surface area contributed by atoms with Crippen LogP contribution in [-0.4, -0.2) is 54.7 Å². The predicted octanol–water partition coefficient (Wildman–Crippen LogP) is 1.29. The highest BCUT2D eigenvalue weighted by Crippen LogP contribution is 2.19. The van der Waals surface area contributed by atoms with Crippen molar-refractivity contribution in [2.45, 2.75) is 25.8 Å². The van der Waals surface area contributed by atoms with E-state index in [0.29, 0.717) is 36.7 Å². The van der Waals surface area contributed by atoms with E-state index in [-0.39, 0.29) is 17.6 Å². The molecule has 2 heterocycles. The average Bonchev–Trinajstić information content (AvgIpc) is 2.60. The third kappa shape index (κ3) is 5.40. The minimum Gasteiger partial charge on any atom is -0.323 e. The molecule has 1 saturated heterocycles. The van der Waals surface area contributed by atoms with Gasteiger partial charge < -0.3 is 15.2 Å². The molecule has 2 aromatic rings. The van der Waals surface area contributed by atoms with E-state index in [4.69, 9.17) is 0 Å². The van der Waals surface area contributed by atoms with Gasteiger partial charge in [0.05, 0.1) is 11.9 Å². The first kappa shape index (κ1) is 20.0. The van der Waals surface area contributed by atoms with Gasteiger partial charge in [-0.3, -0.25) is 4.79 Å². The van der Waals surface area contributed by atoms with Crippen LogP contribution in [0.3, 0.4) is 0 Å². The second kappa shape index (κ2) is 8.11. The maximum Gasteiger partial charge on any atom is 0.321 e. The van der Waals surface area contributed by atoms with Crippen molar-refractivity contribution in [3.8, 4) is 11.3 Å². The van der Waals surface area contributed by atoms with Crippen molar-refractivity contribution in [3.05, 3.63) is 46.5 Å². The number of aryl methyl sites for hydroxylation is 1. The van der Waals surface area contributed by atoms with Gasteiger partial charge in [0.1, 0.15) is 5.82 Å². The van der Waals surface area contributed by atoms with Crippen LogP contribution in [0.15, 0.2) is 35.1 Å². The largest absolute Gasteiger partial charge is 0.323 e. The van der Waals surface area contributed by atoms with Crippen molar-refractivity contribution in [1.82, 2.24) is 19.6 Å². The lowest BCUT2D eigenvalue weighted by Gasteiger charge is -2.32. The molecule has 0 saturated carbocycles. The van der Waals surface area contributed by atoms with Crippen LogP contribution in [0, 0.1) is 6.92 Å². The SMILES string of the molecule is Cc1nc(-c2ccc(NC(=O)N3CCC[C@H](NS(C)(=O)=O)C3)cc2)cc(=O)[nH]1. The van der Waals surface area contributed by atoms with Gasteiger partial charge in [0.15, 0.2) is 0 Å². The molecule has 0 spiro atoms. The molecular weight excluding hydrogens is 382 g/mol. The lowest BCUT2D eigenvalue weighted by Crippen LogP contribution is -2.50. The number of rotatable bonds is 4. The number of sulfonamides is 1. The highest BCUT2D eigenvalue weighted by atomic mass is 32.2. The fourth-order valence-electron chi connectivity index (χ4n) is 3.21. The van der Waals surface area contributed by atoms with Gasteiger partial charge in [0.2, 0.25) is 10.0 Å². The molecule has 10 heteroatoms. The van der Waals surface area contributed by atoms with E-state index in [1.54, 1.807) is 36.1 Å². The van der Waals surface area contributed by atoms with E-state index >= 15 is 0 Å². The Labute approximate surface area is 163 Å². The minimum atomic E-state index is -3.31. The number of nitrogens with zero attached hydrogens (tertiary/aromatic N) is 2. The summed E-state index contributed by atoms with van der Waals surface area (Å²) in [5, 5.41) is 2.82. The Bertz CT molecular complexity index is 1020. The fourth-order valence-corrected chi connectivity index (χ4v) is 4.01. The number of amides is 2. The van der Waals surface area contributed by atoms with Gasteiger partial charge in [0.25, 0.3) is 5.56 Å². The summed E-state index contributed by atoms with van der Waals surface area (Å²) >= 11 is 0. The van der Waals surface area contributed by atoms with E-state index in [0.717, 1.165) is 18.2 Å². The number of anilines is 1. The summed E-state index contributed by atoms with van der Waals surface area (Å²) in [5.74, 6) is 0.530. The van der Waals surface area contributed by atoms with Crippen molar-refractivity contribution in [3.63, 3.8) is 0 Å². The van der Waals surface area contributed by atoms with Gasteiger partial charge in [-0.25, -0.2) is 22.9 Å². The first-order valence-corrected chi connectivity index (χ1v) is 10.8. The van der Waals surface area contributed by atoms with E-state index in [9.17, 15) is 18.0 Å². The van der Waals surface area contributed by atoms with Gasteiger partial charge in [-0.1, -0.05) is 12.1 Å². The van der Waals surface area contributed by atoms with Gasteiger partial charge in [-0.05, 0) is 31.9 Å². The van der Waals surface area contributed by atoms with Crippen LogP contribution in [0.2, 0.25) is 0 Å². The lowest BCUT2D eigenvalue weighted by atomic mass is 10.1. The van der Waals surface area contributed by atoms with Gasteiger partial charge in [-0.2, -0.15) is 0 Å². The topological polar surface area (TPSA) is 124 Å². The predicted molar refractivity (Wildman–Crippen MR) is 107 cm³/mol. The summed E-state index contributed by atoms with van der Waals surface area (Å²) in [6, 6.07) is 7.90. The highest BCUT2D eigenvalue weighted by Gasteiger charge is 2.25. The third-order valence-corrected chi connectivity index (χ3v) is 5.14. The summed E-state index contributed by atoms with van der Waals surface area (Å²) in [5.41, 5.74) is 1.71. The lowest BCUT2D eigenvalue weighted by molar-refractivity contribution is 0.190. The standard InChI is InChI=1S/C18H23N5O4S/c1-12-19-16(10-17(24)20-12)13-5-7-14(8-6-13)21-18(25)23-9-3-4-15(11-23)22-28(2,26)27/h5-8,10,15,22H,3-4,9,11H2,1-2H3,(H,21,25)(H,19,20,24)/t15-/m0/s1. The first-order chi connectivity index (χ1) is 13.2. The van der Waals surface area contributed by atoms with E-state index in [2.05, 4.69) is 20.0 Å². The maximum atomic E-state index is 12.5. The summed E-state index contributed by atoms with van der Waals surface area (Å²) in [6.07, 6.45) is 2.55. The number of piperidine rings is 1. The fraction of sp³-hybridized carbons (Fsp3) is 0.389. The number of H-pyrrole nitrogens is 1. The van der Waals surface area contributed by atoms with Crippen LogP contribution in [-0.2, 0) is 10.0 Å². The van der Waals surface area contributed by atoms with Crippen LogP contribution >= 0.6 is 0 Å². The second-order valence-electron chi connectivity index (χ2n) is 6.90. The van der Waals surface area contributed by atoms with Crippen LogP contribution in [0.4, 0.5) is 10.5 Å². The monoisotopic (exact) mass is 405 g/mol. The minimum absolute atomic E-state index is 0.220. The molecule has 2 amide bonds. The van der Waals surface area contributed by atoms with Crippen molar-refractivity contribution >= 4 is 21.7 Å². The quantitative estimate of drug-likeness (QED) is 0.707. The van der Waals surface area contributed by atoms with Crippen molar-refractivity contribution in [2.75, 3.05) is 24.7 Å². The number of nitrogens with one attached hydrogen (secondary N) is 3. The number of likely N-dealkylation sites (tertiary alicyclic amines) is 1. The zero-order valence-electron chi connectivity index (χ0n) is 15.7. The molecule has 150 valence electrons. The highest BCUT2D eigenvalue weighted by molar-refractivity contribution is 7.88. The van der Waals surface area contributed by atoms with E-state index < -0.39 is 10.0 Å². The van der Waals surface area contributed by atoms with Gasteiger partial charge in [-0.15, -0.1) is 0 Å². The molecule has 3 rings (SSSR count). The molecule has 0 radical (unpaired) electrons. The Morgan fingerprint density at radius 3 is 2.64 bits per heavy atom. The number of urea groups is 1. The summed E-state index contributed by atoms with van der Waals surface area (Å²) in [6.45, 7) is 2.61. The van der Waals surface area contributed by atoms with Gasteiger partial charge >= 0.3 is 6.03 Å². The number of carbonyl (C=O) groups excluding carboxylic acids is 1. The molecular formula is C18H23N5O4S. The molecule has 3 N–H and O–H groups in total. The van der Waals surface area contributed by atoms with Crippen LogP contribution in [0.1, 0.15) is 18.7 Å². The Kier molecular flexibility index (Phi) is 5.80. The van der Waals surface area contributed by atoms with Crippen molar-refractivity contribution in [1.29, 1.82) is 0 Å². The van der Waals surface area contributed by atoms with E-state index in [1.165, 1.54) is 6.07 Å². The van der Waals surface area contributed by atoms with Crippen LogP contribution < -0.4 is 15.6 Å². The average molecular weight is 405 g/mol. The molecule has 1 atom stereocenters. The zero-order valence-corrected chi connectivity index (χ0v) is 16.5. The number of aromatic amines is 1. The molecule has 1 fully saturated rings. The molecule has 28 heavy (non-hydrogen) atoms. The Morgan fingerprint density at radius 2 is 2.00 bits per heavy atom. The third-order valence-electron chi connectivity index (χ3n) is 4.38. The molecule has 0 aliphatic carbocycles. The van der Waals surface area contributed by atoms with Crippen molar-refractivity contribution in [2.24, 2.45) is 0 Å². The molecule has 0 unspecified atom stereocenters. The number of hydrogen-bond donors (Lipinski definition) is 3. The Hall–Kier alpha value is -2.72. The molecule has 1 aliphatic rings. The molecule has 1 aromatic carbocycles. The zero-order chi connectivity index (χ0) is 20.3. The van der Waals surface area contributed by atoms with Crippen molar-refractivity contribution < 1.29 is 13.2 Å². The smallest absolute Gasteiger partial charge is 0.321 e. The number of benzene rings is 1. The molecule has 0 bridgehead atoms. The number of hydrogen-bond acceptors (Lipinski definition) is 5. The summed E-state index contributed by atoms with van der Waals surface area (Å²) < 4.78 is 25.4. The maximum absolute atomic E-state index is 12.5. The first-order valence-electron chi connectivity index (χ1n) is 8.91. The van der Waals surface area contributed by atoms with Crippen LogP contribution in [0.25, 0.3) is 11.3 Å².